The van der Waals surface area contributed by atoms with Gasteiger partial charge in [0.1, 0.15) is 24.3 Å². The van der Waals surface area contributed by atoms with Crippen molar-refractivity contribution in [2.24, 2.45) is 0 Å². The van der Waals surface area contributed by atoms with Crippen molar-refractivity contribution in [3.05, 3.63) is 82.1 Å². The zero-order chi connectivity index (χ0) is 21.6. The van der Waals surface area contributed by atoms with E-state index < -0.39 is 5.76 Å². The van der Waals surface area contributed by atoms with Crippen LogP contribution in [0.25, 0.3) is 0 Å². The summed E-state index contributed by atoms with van der Waals surface area (Å²) < 4.78 is 27.0. The normalized spacial score (nSPS) is 11.0. The number of aryl methyl sites for hydroxylation is 2. The van der Waals surface area contributed by atoms with E-state index in [9.17, 15) is 9.90 Å². The Hall–Kier alpha value is -3.88. The van der Waals surface area contributed by atoms with Gasteiger partial charge in [-0.25, -0.2) is 9.78 Å². The molecule has 0 bridgehead atoms. The second-order valence-electron chi connectivity index (χ2n) is 6.90. The Morgan fingerprint density at radius 3 is 2.81 bits per heavy atom. The maximum absolute atomic E-state index is 11.1. The molecule has 4 aromatic rings. The number of aromatic nitrogens is 2. The molecule has 9 nitrogen and oxygen atoms in total. The van der Waals surface area contributed by atoms with Crippen LogP contribution in [0.5, 0.6) is 17.4 Å². The van der Waals surface area contributed by atoms with Crippen LogP contribution in [0.3, 0.4) is 0 Å². The number of H-pyrrole nitrogens is 1. The van der Waals surface area contributed by atoms with E-state index in [-0.39, 0.29) is 18.2 Å². The second kappa shape index (κ2) is 9.29. The highest BCUT2D eigenvalue weighted by Gasteiger charge is 2.12. The van der Waals surface area contributed by atoms with E-state index >= 15 is 0 Å². The van der Waals surface area contributed by atoms with E-state index in [1.807, 2.05) is 30.3 Å². The molecular weight excluding hydrogens is 404 g/mol. The van der Waals surface area contributed by atoms with Crippen molar-refractivity contribution < 1.29 is 27.8 Å². The fourth-order valence-electron chi connectivity index (χ4n) is 3.17. The summed E-state index contributed by atoms with van der Waals surface area (Å²) in [5, 5.41) is 9.56. The van der Waals surface area contributed by atoms with E-state index in [0.717, 1.165) is 11.3 Å². The molecule has 0 atom stereocenters. The van der Waals surface area contributed by atoms with Gasteiger partial charge in [-0.15, -0.1) is 0 Å². The van der Waals surface area contributed by atoms with Gasteiger partial charge in [0.25, 0.3) is 0 Å². The summed E-state index contributed by atoms with van der Waals surface area (Å²) >= 11 is 0. The number of methoxy groups -OCH3 is 1. The standard InChI is InChI=1S/C22H22N2O7/c1-27-19-10-14(4-2-6-18-21(25)24-22(26)31-18)7-8-17(19)29-12-15-13-30-20(23-15)11-16-5-3-9-28-16/h3,5,7-10,13,25H,2,4,6,11-12H2,1H3,(H,24,26). The maximum Gasteiger partial charge on any atom is 0.419 e. The zero-order valence-corrected chi connectivity index (χ0v) is 16.9. The average Bonchev–Trinajstić information content (AvgIpc) is 3.50. The lowest BCUT2D eigenvalue weighted by molar-refractivity contribution is 0.280. The number of ether oxygens (including phenoxy) is 2. The number of benzene rings is 1. The monoisotopic (exact) mass is 426 g/mol. The molecule has 0 radical (unpaired) electrons. The van der Waals surface area contributed by atoms with E-state index in [2.05, 4.69) is 9.97 Å². The quantitative estimate of drug-likeness (QED) is 0.394. The number of rotatable bonds is 10. The molecular formula is C22H22N2O7. The molecule has 1 aromatic carbocycles. The van der Waals surface area contributed by atoms with E-state index in [0.29, 0.717) is 48.8 Å². The van der Waals surface area contributed by atoms with Crippen LogP contribution in [-0.2, 0) is 25.9 Å². The number of hydrogen-bond donors (Lipinski definition) is 2. The molecule has 0 aliphatic rings. The fraction of sp³-hybridized carbons (Fsp3) is 0.273. The first-order valence-electron chi connectivity index (χ1n) is 9.77. The Kier molecular flexibility index (Phi) is 6.11. The largest absolute Gasteiger partial charge is 0.493 e. The molecule has 4 rings (SSSR count). The van der Waals surface area contributed by atoms with Gasteiger partial charge < -0.3 is 27.8 Å². The van der Waals surface area contributed by atoms with Crippen molar-refractivity contribution in [3.8, 4) is 17.4 Å². The van der Waals surface area contributed by atoms with E-state index in [4.69, 9.17) is 22.7 Å². The van der Waals surface area contributed by atoms with E-state index in [1.165, 1.54) is 0 Å². The van der Waals surface area contributed by atoms with E-state index in [1.54, 1.807) is 19.6 Å². The third-order valence-electron chi connectivity index (χ3n) is 4.68. The summed E-state index contributed by atoms with van der Waals surface area (Å²) in [6.45, 7) is 0.239. The Morgan fingerprint density at radius 2 is 2.06 bits per heavy atom. The number of oxazole rings is 2. The van der Waals surface area contributed by atoms with Crippen molar-refractivity contribution in [1.29, 1.82) is 0 Å². The predicted molar refractivity (Wildman–Crippen MR) is 108 cm³/mol. The molecule has 162 valence electrons. The predicted octanol–water partition coefficient (Wildman–Crippen LogP) is 3.61. The molecule has 0 spiro atoms. The highest BCUT2D eigenvalue weighted by molar-refractivity contribution is 5.43. The van der Waals surface area contributed by atoms with Crippen LogP contribution in [-0.4, -0.2) is 22.2 Å². The van der Waals surface area contributed by atoms with Crippen LogP contribution in [0.1, 0.15) is 35.1 Å². The van der Waals surface area contributed by atoms with Crippen molar-refractivity contribution in [3.63, 3.8) is 0 Å². The van der Waals surface area contributed by atoms with Crippen molar-refractivity contribution in [1.82, 2.24) is 9.97 Å². The minimum atomic E-state index is -0.657. The third kappa shape index (κ3) is 5.19. The van der Waals surface area contributed by atoms with Gasteiger partial charge in [-0.1, -0.05) is 6.07 Å². The van der Waals surface area contributed by atoms with Crippen LogP contribution in [0.4, 0.5) is 0 Å². The van der Waals surface area contributed by atoms with Gasteiger partial charge in [0.15, 0.2) is 17.3 Å². The van der Waals surface area contributed by atoms with Gasteiger partial charge in [0.2, 0.25) is 11.8 Å². The number of nitrogens with zero attached hydrogens (tertiary/aromatic N) is 1. The van der Waals surface area contributed by atoms with Crippen LogP contribution >= 0.6 is 0 Å². The third-order valence-corrected chi connectivity index (χ3v) is 4.68. The Labute approximate surface area is 177 Å². The Morgan fingerprint density at radius 1 is 1.16 bits per heavy atom. The molecule has 0 aliphatic heterocycles. The highest BCUT2D eigenvalue weighted by atomic mass is 16.5. The smallest absolute Gasteiger partial charge is 0.419 e. The summed E-state index contributed by atoms with van der Waals surface area (Å²) in [5.74, 6) is 1.92. The lowest BCUT2D eigenvalue weighted by atomic mass is 10.1. The minimum Gasteiger partial charge on any atom is -0.493 e. The van der Waals surface area contributed by atoms with Gasteiger partial charge >= 0.3 is 5.76 Å². The molecule has 0 amide bonds. The molecule has 9 heteroatoms. The minimum absolute atomic E-state index is 0.216. The summed E-state index contributed by atoms with van der Waals surface area (Å²) in [6, 6.07) is 9.36. The van der Waals surface area contributed by atoms with Gasteiger partial charge in [-0.05, 0) is 42.7 Å². The SMILES string of the molecule is COc1cc(CCCc2oc(=O)[nH]c2O)ccc1OCc1coc(Cc2ccco2)n1. The molecule has 2 N–H and O–H groups in total. The van der Waals surface area contributed by atoms with Crippen molar-refractivity contribution in [2.75, 3.05) is 7.11 Å². The number of aromatic hydroxyl groups is 1. The first kappa shape index (κ1) is 20.4. The second-order valence-corrected chi connectivity index (χ2v) is 6.90. The van der Waals surface area contributed by atoms with Crippen LogP contribution in [0.15, 0.2) is 60.9 Å². The molecule has 0 saturated heterocycles. The summed E-state index contributed by atoms with van der Waals surface area (Å²) in [4.78, 5) is 17.7. The number of furan rings is 1. The van der Waals surface area contributed by atoms with Crippen LogP contribution < -0.4 is 15.2 Å². The van der Waals surface area contributed by atoms with Gasteiger partial charge in [-0.2, -0.15) is 0 Å². The summed E-state index contributed by atoms with van der Waals surface area (Å²) in [5.41, 5.74) is 1.70. The fourth-order valence-corrected chi connectivity index (χ4v) is 3.17. The van der Waals surface area contributed by atoms with Gasteiger partial charge in [0, 0.05) is 6.42 Å². The molecule has 0 aliphatic carbocycles. The number of aromatic amines is 1. The molecule has 0 fully saturated rings. The topological polar surface area (TPSA) is 124 Å². The molecule has 0 saturated carbocycles. The first-order valence-corrected chi connectivity index (χ1v) is 9.77. The molecule has 31 heavy (non-hydrogen) atoms. The molecule has 3 aromatic heterocycles. The van der Waals surface area contributed by atoms with Crippen LogP contribution in [0.2, 0.25) is 0 Å². The zero-order valence-electron chi connectivity index (χ0n) is 16.9. The van der Waals surface area contributed by atoms with Crippen molar-refractivity contribution >= 4 is 0 Å². The summed E-state index contributed by atoms with van der Waals surface area (Å²) in [6.07, 6.45) is 5.50. The van der Waals surface area contributed by atoms with Gasteiger partial charge in [-0.3, -0.25) is 4.98 Å². The summed E-state index contributed by atoms with van der Waals surface area (Å²) in [7, 11) is 1.58. The van der Waals surface area contributed by atoms with Gasteiger partial charge in [0.05, 0.1) is 19.8 Å². The average molecular weight is 426 g/mol. The van der Waals surface area contributed by atoms with Crippen LogP contribution in [0, 0.1) is 0 Å². The lowest BCUT2D eigenvalue weighted by Crippen LogP contribution is -1.99. The number of hydrogen-bond acceptors (Lipinski definition) is 8. The number of nitrogens with one attached hydrogen (secondary N) is 1. The lowest BCUT2D eigenvalue weighted by Gasteiger charge is -2.11. The highest BCUT2D eigenvalue weighted by Crippen LogP contribution is 2.29. The molecule has 3 heterocycles. The first-order chi connectivity index (χ1) is 15.1. The Bertz CT molecular complexity index is 1170. The maximum atomic E-state index is 11.1. The molecule has 0 unspecified atom stereocenters. The van der Waals surface area contributed by atoms with Crippen molar-refractivity contribution in [2.45, 2.75) is 32.3 Å². The Balaban J connectivity index is 1.32.